The number of methoxy groups -OCH3 is 1. The first-order chi connectivity index (χ1) is 17.4. The van der Waals surface area contributed by atoms with Crippen LogP contribution in [0.1, 0.15) is 16.2 Å². The monoisotopic (exact) mass is 490 g/mol. The van der Waals surface area contributed by atoms with Gasteiger partial charge in [0.15, 0.2) is 22.8 Å². The quantitative estimate of drug-likeness (QED) is 0.392. The Morgan fingerprint density at radius 3 is 2.50 bits per heavy atom. The highest BCUT2D eigenvalue weighted by Crippen LogP contribution is 2.29. The number of morpholine rings is 1. The van der Waals surface area contributed by atoms with E-state index in [2.05, 4.69) is 19.9 Å². The zero-order valence-electron chi connectivity index (χ0n) is 20.2. The summed E-state index contributed by atoms with van der Waals surface area (Å²) in [7, 11) is 5.34. The third kappa shape index (κ3) is 4.47. The fourth-order valence-corrected chi connectivity index (χ4v) is 3.92. The van der Waals surface area contributed by atoms with Crippen molar-refractivity contribution in [2.45, 2.75) is 6.54 Å². The molecule has 5 rings (SSSR count). The molecule has 13 heteroatoms. The highest BCUT2D eigenvalue weighted by Gasteiger charge is 2.23. The summed E-state index contributed by atoms with van der Waals surface area (Å²) >= 11 is 0. The average molecular weight is 491 g/mol. The predicted octanol–water partition coefficient (Wildman–Crippen LogP) is 0.796. The third-order valence-corrected chi connectivity index (χ3v) is 5.95. The number of rotatable bonds is 7. The van der Waals surface area contributed by atoms with E-state index in [0.29, 0.717) is 61.7 Å². The second-order valence-electron chi connectivity index (χ2n) is 8.31. The van der Waals surface area contributed by atoms with Gasteiger partial charge in [-0.2, -0.15) is 0 Å². The van der Waals surface area contributed by atoms with Crippen LogP contribution in [0.3, 0.4) is 0 Å². The van der Waals surface area contributed by atoms with Crippen LogP contribution in [0.25, 0.3) is 22.6 Å². The number of pyridine rings is 1. The molecule has 1 aliphatic rings. The molecule has 0 radical (unpaired) electrons. The number of aryl methyl sites for hydroxylation is 1. The minimum absolute atomic E-state index is 0.251. The van der Waals surface area contributed by atoms with Crippen molar-refractivity contribution in [3.05, 3.63) is 42.1 Å². The summed E-state index contributed by atoms with van der Waals surface area (Å²) in [5, 5.41) is 0. The van der Waals surface area contributed by atoms with Crippen LogP contribution in [-0.2, 0) is 18.3 Å². The van der Waals surface area contributed by atoms with Crippen LogP contribution in [0.5, 0.6) is 5.88 Å². The van der Waals surface area contributed by atoms with Gasteiger partial charge in [-0.1, -0.05) is 0 Å². The normalized spacial score (nSPS) is 13.7. The standard InChI is InChI=1S/C23H26N10O3/c1-31(23-26-11-15(12-27-23)19(24)34)13-16-28-18-21(32(16)2)29-20(14-4-5-17(35-3)25-10-14)30-22(18)33-6-8-36-9-7-33/h4-5,10-12H,6-9,13H2,1-3H3,(H2,24,34). The van der Waals surface area contributed by atoms with Gasteiger partial charge in [0.2, 0.25) is 11.8 Å². The van der Waals surface area contributed by atoms with E-state index in [-0.39, 0.29) is 5.56 Å². The molecule has 0 aliphatic carbocycles. The van der Waals surface area contributed by atoms with E-state index >= 15 is 0 Å². The number of imidazole rings is 1. The average Bonchev–Trinajstić information content (AvgIpc) is 3.23. The minimum atomic E-state index is -0.573. The number of nitrogens with zero attached hydrogens (tertiary/aromatic N) is 9. The van der Waals surface area contributed by atoms with E-state index in [9.17, 15) is 4.79 Å². The van der Waals surface area contributed by atoms with Gasteiger partial charge < -0.3 is 29.6 Å². The molecule has 2 N–H and O–H groups in total. The molecule has 5 heterocycles. The summed E-state index contributed by atoms with van der Waals surface area (Å²) in [5.74, 6) is 2.44. The maximum absolute atomic E-state index is 11.3. The largest absolute Gasteiger partial charge is 0.481 e. The number of primary amides is 1. The Morgan fingerprint density at radius 1 is 1.11 bits per heavy atom. The van der Waals surface area contributed by atoms with Crippen molar-refractivity contribution in [3.8, 4) is 17.3 Å². The topological polar surface area (TPSA) is 150 Å². The molecule has 186 valence electrons. The number of anilines is 2. The van der Waals surface area contributed by atoms with Gasteiger partial charge in [-0.3, -0.25) is 4.79 Å². The first-order valence-corrected chi connectivity index (χ1v) is 11.3. The lowest BCUT2D eigenvalue weighted by atomic mass is 10.2. The van der Waals surface area contributed by atoms with Gasteiger partial charge in [0.1, 0.15) is 5.82 Å². The number of amides is 1. The Bertz CT molecular complexity index is 1380. The molecule has 0 unspecified atom stereocenters. The lowest BCUT2D eigenvalue weighted by Crippen LogP contribution is -2.37. The summed E-state index contributed by atoms with van der Waals surface area (Å²) in [6.45, 7) is 3.05. The van der Waals surface area contributed by atoms with Crippen LogP contribution in [0.2, 0.25) is 0 Å². The molecule has 36 heavy (non-hydrogen) atoms. The lowest BCUT2D eigenvalue weighted by molar-refractivity contribution is 0.0999. The van der Waals surface area contributed by atoms with Crippen molar-refractivity contribution < 1.29 is 14.3 Å². The van der Waals surface area contributed by atoms with E-state index in [4.69, 9.17) is 30.2 Å². The van der Waals surface area contributed by atoms with Crippen LogP contribution in [0, 0.1) is 0 Å². The van der Waals surface area contributed by atoms with Gasteiger partial charge in [0.05, 0.1) is 32.4 Å². The van der Waals surface area contributed by atoms with Crippen molar-refractivity contribution >= 4 is 28.8 Å². The summed E-state index contributed by atoms with van der Waals surface area (Å²) < 4.78 is 12.7. The Hall–Kier alpha value is -4.39. The molecule has 4 aromatic rings. The molecule has 1 amide bonds. The molecular formula is C23H26N10O3. The van der Waals surface area contributed by atoms with Crippen molar-refractivity contribution in [2.24, 2.45) is 12.8 Å². The van der Waals surface area contributed by atoms with Crippen molar-refractivity contribution in [1.29, 1.82) is 0 Å². The number of hydrogen-bond donors (Lipinski definition) is 1. The molecule has 0 saturated carbocycles. The van der Waals surface area contributed by atoms with Gasteiger partial charge >= 0.3 is 0 Å². The first kappa shape index (κ1) is 23.4. The van der Waals surface area contributed by atoms with E-state index in [1.54, 1.807) is 19.4 Å². The number of ether oxygens (including phenoxy) is 2. The van der Waals surface area contributed by atoms with Crippen molar-refractivity contribution in [2.75, 3.05) is 50.3 Å². The number of aromatic nitrogens is 7. The van der Waals surface area contributed by atoms with Gasteiger partial charge in [-0.15, -0.1) is 0 Å². The first-order valence-electron chi connectivity index (χ1n) is 11.3. The van der Waals surface area contributed by atoms with E-state index in [1.807, 2.05) is 29.6 Å². The summed E-state index contributed by atoms with van der Waals surface area (Å²) in [5.41, 5.74) is 7.72. The van der Waals surface area contributed by atoms with Gasteiger partial charge in [0.25, 0.3) is 5.91 Å². The highest BCUT2D eigenvalue weighted by atomic mass is 16.5. The fraction of sp³-hybridized carbons (Fsp3) is 0.348. The minimum Gasteiger partial charge on any atom is -0.481 e. The zero-order valence-corrected chi connectivity index (χ0v) is 20.2. The number of nitrogens with two attached hydrogens (primary N) is 1. The van der Waals surface area contributed by atoms with Crippen LogP contribution < -0.4 is 20.3 Å². The van der Waals surface area contributed by atoms with Crippen molar-refractivity contribution in [3.63, 3.8) is 0 Å². The van der Waals surface area contributed by atoms with Gasteiger partial charge in [-0.05, 0) is 6.07 Å². The maximum atomic E-state index is 11.3. The van der Waals surface area contributed by atoms with E-state index in [1.165, 1.54) is 12.4 Å². The van der Waals surface area contributed by atoms with Gasteiger partial charge in [-0.25, -0.2) is 29.9 Å². The van der Waals surface area contributed by atoms with Crippen LogP contribution in [0.15, 0.2) is 30.7 Å². The smallest absolute Gasteiger partial charge is 0.251 e. The Labute approximate surface area is 206 Å². The lowest BCUT2D eigenvalue weighted by Gasteiger charge is -2.28. The molecule has 4 aromatic heterocycles. The molecule has 0 aromatic carbocycles. The molecule has 1 saturated heterocycles. The molecule has 0 bridgehead atoms. The third-order valence-electron chi connectivity index (χ3n) is 5.95. The SMILES string of the molecule is COc1ccc(-c2nc(N3CCOCC3)c3nc(CN(C)c4ncc(C(N)=O)cn4)n(C)c3n2)cn1. The molecule has 1 fully saturated rings. The molecule has 0 atom stereocenters. The molecule has 1 aliphatic heterocycles. The predicted molar refractivity (Wildman–Crippen MR) is 132 cm³/mol. The summed E-state index contributed by atoms with van der Waals surface area (Å²) in [4.78, 5) is 42.8. The molecular weight excluding hydrogens is 464 g/mol. The number of hydrogen-bond acceptors (Lipinski definition) is 11. The second kappa shape index (κ2) is 9.70. The summed E-state index contributed by atoms with van der Waals surface area (Å²) in [6, 6.07) is 3.67. The Balaban J connectivity index is 1.54. The summed E-state index contributed by atoms with van der Waals surface area (Å²) in [6.07, 6.45) is 4.52. The highest BCUT2D eigenvalue weighted by molar-refractivity contribution is 5.92. The van der Waals surface area contributed by atoms with Crippen LogP contribution in [-0.4, -0.2) is 80.8 Å². The van der Waals surface area contributed by atoms with Crippen molar-refractivity contribution in [1.82, 2.24) is 34.5 Å². The second-order valence-corrected chi connectivity index (χ2v) is 8.31. The maximum Gasteiger partial charge on any atom is 0.251 e. The Morgan fingerprint density at radius 2 is 1.86 bits per heavy atom. The van der Waals surface area contributed by atoms with E-state index in [0.717, 1.165) is 17.2 Å². The molecule has 13 nitrogen and oxygen atoms in total. The molecule has 0 spiro atoms. The zero-order chi connectivity index (χ0) is 25.2. The fourth-order valence-electron chi connectivity index (χ4n) is 3.92. The Kier molecular flexibility index (Phi) is 6.29. The van der Waals surface area contributed by atoms with E-state index < -0.39 is 5.91 Å². The number of carbonyl (C=O) groups is 1. The van der Waals surface area contributed by atoms with Crippen LogP contribution in [0.4, 0.5) is 11.8 Å². The number of fused-ring (bicyclic) bond motifs is 1. The van der Waals surface area contributed by atoms with Crippen LogP contribution >= 0.6 is 0 Å². The number of carbonyl (C=O) groups excluding carboxylic acids is 1. The van der Waals surface area contributed by atoms with Gasteiger partial charge in [0, 0.05) is 57.4 Å².